The number of hydrogen-bond acceptors (Lipinski definition) is 1. The average molecular weight is 279 g/mol. The Labute approximate surface area is 128 Å². The van der Waals surface area contributed by atoms with Crippen LogP contribution in [0.4, 0.5) is 0 Å². The highest BCUT2D eigenvalue weighted by atomic mass is 15.2. The van der Waals surface area contributed by atoms with Crippen molar-refractivity contribution in [2.75, 3.05) is 6.54 Å². The topological polar surface area (TPSA) is 3.24 Å². The van der Waals surface area contributed by atoms with Gasteiger partial charge in [-0.2, -0.15) is 0 Å². The molecule has 1 unspecified atom stereocenters. The summed E-state index contributed by atoms with van der Waals surface area (Å²) < 4.78 is 0. The summed E-state index contributed by atoms with van der Waals surface area (Å²) >= 11 is 0. The zero-order valence-electron chi connectivity index (χ0n) is 12.9. The molecular weight excluding hydrogens is 254 g/mol. The highest BCUT2D eigenvalue weighted by Gasteiger charge is 2.29. The van der Waals surface area contributed by atoms with Gasteiger partial charge < -0.3 is 0 Å². The van der Waals surface area contributed by atoms with E-state index in [2.05, 4.69) is 72.5 Å². The van der Waals surface area contributed by atoms with Crippen LogP contribution in [0, 0.1) is 0 Å². The zero-order valence-corrected chi connectivity index (χ0v) is 12.9. The van der Waals surface area contributed by atoms with E-state index < -0.39 is 0 Å². The van der Waals surface area contributed by atoms with E-state index in [4.69, 9.17) is 0 Å². The largest absolute Gasteiger partial charge is 0.289 e. The number of likely N-dealkylation sites (tertiary alicyclic amines) is 1. The van der Waals surface area contributed by atoms with E-state index in [0.717, 1.165) is 0 Å². The Bertz CT molecular complexity index is 493. The molecule has 0 amide bonds. The third-order valence-electron chi connectivity index (χ3n) is 4.70. The van der Waals surface area contributed by atoms with Crippen molar-refractivity contribution in [2.24, 2.45) is 0 Å². The molecule has 0 radical (unpaired) electrons. The van der Waals surface area contributed by atoms with Gasteiger partial charge >= 0.3 is 0 Å². The van der Waals surface area contributed by atoms with Gasteiger partial charge in [0.25, 0.3) is 0 Å². The minimum Gasteiger partial charge on any atom is -0.289 e. The fraction of sp³-hybridized carbons (Fsp3) is 0.400. The first-order valence-corrected chi connectivity index (χ1v) is 8.25. The highest BCUT2D eigenvalue weighted by Crippen LogP contribution is 2.38. The first-order valence-electron chi connectivity index (χ1n) is 8.25. The molecule has 2 aromatic carbocycles. The number of nitrogens with zero attached hydrogens (tertiary/aromatic N) is 1. The summed E-state index contributed by atoms with van der Waals surface area (Å²) in [6.07, 6.45) is 5.13. The van der Waals surface area contributed by atoms with Crippen LogP contribution < -0.4 is 0 Å². The molecule has 0 saturated carbocycles. The lowest BCUT2D eigenvalue weighted by molar-refractivity contribution is 0.0912. The molecular formula is C20H25N. The van der Waals surface area contributed by atoms with Gasteiger partial charge in [0.1, 0.15) is 0 Å². The standard InChI is InChI=1S/C20H25N/c1-2-19(17-11-5-3-6-12-17)21-16-10-9-15-20(21)18-13-7-4-8-14-18/h3-8,11-14,19-20H,2,9-10,15-16H2,1H3/t19-,20?/m1/s1. The first kappa shape index (κ1) is 14.3. The van der Waals surface area contributed by atoms with Gasteiger partial charge in [-0.1, -0.05) is 74.0 Å². The van der Waals surface area contributed by atoms with Crippen LogP contribution in [-0.2, 0) is 0 Å². The molecule has 1 nitrogen and oxygen atoms in total. The second-order valence-electron chi connectivity index (χ2n) is 5.99. The van der Waals surface area contributed by atoms with E-state index in [1.165, 1.54) is 43.4 Å². The second-order valence-corrected chi connectivity index (χ2v) is 5.99. The maximum Gasteiger partial charge on any atom is 0.0354 e. The average Bonchev–Trinajstić information content (AvgIpc) is 2.58. The van der Waals surface area contributed by atoms with Gasteiger partial charge in [-0.3, -0.25) is 4.90 Å². The smallest absolute Gasteiger partial charge is 0.0354 e. The molecule has 2 aromatic rings. The monoisotopic (exact) mass is 279 g/mol. The molecule has 110 valence electrons. The van der Waals surface area contributed by atoms with Crippen molar-refractivity contribution >= 4 is 0 Å². The number of benzene rings is 2. The fourth-order valence-electron chi connectivity index (χ4n) is 3.70. The van der Waals surface area contributed by atoms with Crippen molar-refractivity contribution in [3.05, 3.63) is 71.8 Å². The van der Waals surface area contributed by atoms with E-state index in [-0.39, 0.29) is 0 Å². The van der Waals surface area contributed by atoms with Gasteiger partial charge in [0.15, 0.2) is 0 Å². The number of rotatable bonds is 4. The van der Waals surface area contributed by atoms with Crippen LogP contribution in [0.5, 0.6) is 0 Å². The lowest BCUT2D eigenvalue weighted by Crippen LogP contribution is -2.36. The molecule has 1 saturated heterocycles. The molecule has 1 aliphatic heterocycles. The fourth-order valence-corrected chi connectivity index (χ4v) is 3.70. The van der Waals surface area contributed by atoms with Crippen LogP contribution in [0.2, 0.25) is 0 Å². The van der Waals surface area contributed by atoms with Crippen LogP contribution in [0.3, 0.4) is 0 Å². The lowest BCUT2D eigenvalue weighted by atomic mass is 9.91. The van der Waals surface area contributed by atoms with E-state index in [1.807, 2.05) is 0 Å². The maximum atomic E-state index is 2.73. The van der Waals surface area contributed by atoms with Gasteiger partial charge in [-0.15, -0.1) is 0 Å². The predicted octanol–water partition coefficient (Wildman–Crippen LogP) is 5.36. The van der Waals surface area contributed by atoms with Crippen LogP contribution >= 0.6 is 0 Å². The molecule has 1 heteroatoms. The molecule has 3 rings (SSSR count). The minimum atomic E-state index is 0.539. The molecule has 0 aliphatic carbocycles. The molecule has 2 atom stereocenters. The lowest BCUT2D eigenvalue weighted by Gasteiger charge is -2.41. The van der Waals surface area contributed by atoms with Gasteiger partial charge in [-0.25, -0.2) is 0 Å². The summed E-state index contributed by atoms with van der Waals surface area (Å²) in [5, 5.41) is 0. The summed E-state index contributed by atoms with van der Waals surface area (Å²) in [5.41, 5.74) is 2.94. The summed E-state index contributed by atoms with van der Waals surface area (Å²) in [6.45, 7) is 3.53. The summed E-state index contributed by atoms with van der Waals surface area (Å²) in [7, 11) is 0. The maximum absolute atomic E-state index is 2.73. The van der Waals surface area contributed by atoms with E-state index in [9.17, 15) is 0 Å². The molecule has 0 spiro atoms. The molecule has 21 heavy (non-hydrogen) atoms. The van der Waals surface area contributed by atoms with E-state index in [1.54, 1.807) is 0 Å². The Morgan fingerprint density at radius 3 is 2.29 bits per heavy atom. The molecule has 1 fully saturated rings. The van der Waals surface area contributed by atoms with Crippen molar-refractivity contribution in [2.45, 2.75) is 44.7 Å². The minimum absolute atomic E-state index is 0.539. The third kappa shape index (κ3) is 3.19. The van der Waals surface area contributed by atoms with Crippen molar-refractivity contribution in [1.82, 2.24) is 4.90 Å². The molecule has 0 aromatic heterocycles. The Morgan fingerprint density at radius 2 is 1.62 bits per heavy atom. The van der Waals surface area contributed by atoms with E-state index >= 15 is 0 Å². The second kappa shape index (κ2) is 6.91. The Hall–Kier alpha value is -1.60. The van der Waals surface area contributed by atoms with Crippen LogP contribution in [0.25, 0.3) is 0 Å². The normalized spacial score (nSPS) is 21.1. The van der Waals surface area contributed by atoms with Crippen LogP contribution in [-0.4, -0.2) is 11.4 Å². The Balaban J connectivity index is 1.89. The highest BCUT2D eigenvalue weighted by molar-refractivity contribution is 5.23. The molecule has 1 aliphatic rings. The number of piperidine rings is 1. The summed E-state index contributed by atoms with van der Waals surface area (Å²) in [6, 6.07) is 23.2. The van der Waals surface area contributed by atoms with Crippen LogP contribution in [0.15, 0.2) is 60.7 Å². The quantitative estimate of drug-likeness (QED) is 0.727. The van der Waals surface area contributed by atoms with Gasteiger partial charge in [0.2, 0.25) is 0 Å². The van der Waals surface area contributed by atoms with Gasteiger partial charge in [-0.05, 0) is 36.9 Å². The molecule has 0 N–H and O–H groups in total. The predicted molar refractivity (Wildman–Crippen MR) is 89.2 cm³/mol. The van der Waals surface area contributed by atoms with E-state index in [0.29, 0.717) is 12.1 Å². The summed E-state index contributed by atoms with van der Waals surface area (Å²) in [5.74, 6) is 0. The molecule has 0 bridgehead atoms. The zero-order chi connectivity index (χ0) is 14.5. The van der Waals surface area contributed by atoms with Crippen molar-refractivity contribution in [1.29, 1.82) is 0 Å². The molecule has 1 heterocycles. The van der Waals surface area contributed by atoms with Crippen LogP contribution in [0.1, 0.15) is 55.8 Å². The van der Waals surface area contributed by atoms with Gasteiger partial charge in [0.05, 0.1) is 0 Å². The Kier molecular flexibility index (Phi) is 4.72. The van der Waals surface area contributed by atoms with Crippen molar-refractivity contribution in [3.8, 4) is 0 Å². The van der Waals surface area contributed by atoms with Crippen molar-refractivity contribution < 1.29 is 0 Å². The van der Waals surface area contributed by atoms with Gasteiger partial charge in [0, 0.05) is 12.1 Å². The Morgan fingerprint density at radius 1 is 0.952 bits per heavy atom. The first-order chi connectivity index (χ1) is 10.4. The van der Waals surface area contributed by atoms with Crippen molar-refractivity contribution in [3.63, 3.8) is 0 Å². The summed E-state index contributed by atoms with van der Waals surface area (Å²) in [4.78, 5) is 2.73. The SMILES string of the molecule is CC[C@H](c1ccccc1)N1CCCCC1c1ccccc1. The third-order valence-corrected chi connectivity index (χ3v) is 4.70. The number of hydrogen-bond donors (Lipinski definition) is 0.